The molecule has 3 rings (SSSR count). The van der Waals surface area contributed by atoms with E-state index in [1.54, 1.807) is 0 Å². The molecule has 2 amide bonds. The molecule has 32 heavy (non-hydrogen) atoms. The third-order valence-corrected chi connectivity index (χ3v) is 6.56. The Morgan fingerprint density at radius 3 is 1.94 bits per heavy atom. The summed E-state index contributed by atoms with van der Waals surface area (Å²) < 4.78 is 11.7. The number of anilines is 1. The van der Waals surface area contributed by atoms with E-state index >= 15 is 0 Å². The number of hydrogen-bond donors (Lipinski definition) is 2. The van der Waals surface area contributed by atoms with Gasteiger partial charge in [0.1, 0.15) is 13.2 Å². The van der Waals surface area contributed by atoms with Gasteiger partial charge in [-0.05, 0) is 43.2 Å². The smallest absolute Gasteiger partial charge is 0.250 e. The minimum atomic E-state index is -0.215. The highest BCUT2D eigenvalue weighted by Crippen LogP contribution is 2.29. The van der Waals surface area contributed by atoms with E-state index in [2.05, 4.69) is 24.5 Å². The van der Waals surface area contributed by atoms with E-state index in [9.17, 15) is 9.59 Å². The zero-order valence-electron chi connectivity index (χ0n) is 19.7. The van der Waals surface area contributed by atoms with E-state index in [4.69, 9.17) is 9.47 Å². The number of carbonyl (C=O) groups is 2. The van der Waals surface area contributed by atoms with Crippen LogP contribution >= 0.6 is 0 Å². The molecule has 2 N–H and O–H groups in total. The Labute approximate surface area is 192 Å². The summed E-state index contributed by atoms with van der Waals surface area (Å²) in [6, 6.07) is 7.46. The molecule has 0 spiro atoms. The maximum absolute atomic E-state index is 12.6. The first-order chi connectivity index (χ1) is 15.5. The van der Waals surface area contributed by atoms with Gasteiger partial charge >= 0.3 is 0 Å². The Balaban J connectivity index is 1.56. The van der Waals surface area contributed by atoms with Crippen molar-refractivity contribution in [2.75, 3.05) is 18.5 Å². The van der Waals surface area contributed by atoms with E-state index in [0.29, 0.717) is 0 Å². The van der Waals surface area contributed by atoms with Gasteiger partial charge < -0.3 is 20.1 Å². The Hall–Kier alpha value is -1.92. The van der Waals surface area contributed by atoms with Crippen molar-refractivity contribution in [3.05, 3.63) is 29.8 Å². The molecule has 2 fully saturated rings. The van der Waals surface area contributed by atoms with Crippen LogP contribution in [-0.2, 0) is 19.1 Å². The van der Waals surface area contributed by atoms with Gasteiger partial charge in [0.05, 0.1) is 18.2 Å². The van der Waals surface area contributed by atoms with Crippen molar-refractivity contribution in [2.24, 2.45) is 5.92 Å². The topological polar surface area (TPSA) is 76.7 Å². The third-order valence-electron chi connectivity index (χ3n) is 6.56. The summed E-state index contributed by atoms with van der Waals surface area (Å²) in [6.45, 7) is 4.28. The van der Waals surface area contributed by atoms with Crippen LogP contribution in [0, 0.1) is 5.92 Å². The molecule has 0 aliphatic heterocycles. The van der Waals surface area contributed by atoms with E-state index in [0.717, 1.165) is 36.9 Å². The SMILES string of the molecule is CC(C)C(NC(=O)COC1CCCCC1)c1ccccc1NC(=O)COC1CCCCC1. The second-order valence-electron chi connectivity index (χ2n) is 9.57. The average molecular weight is 445 g/mol. The molecule has 0 saturated heterocycles. The molecule has 1 atom stereocenters. The van der Waals surface area contributed by atoms with Crippen LogP contribution in [-0.4, -0.2) is 37.2 Å². The maximum Gasteiger partial charge on any atom is 0.250 e. The van der Waals surface area contributed by atoms with Crippen LogP contribution < -0.4 is 10.6 Å². The Bertz CT molecular complexity index is 724. The fraction of sp³-hybridized carbons (Fsp3) is 0.692. The predicted octanol–water partition coefficient (Wildman–Crippen LogP) is 5.14. The summed E-state index contributed by atoms with van der Waals surface area (Å²) in [5.74, 6) is -0.112. The van der Waals surface area contributed by atoms with Crippen LogP contribution in [0.5, 0.6) is 0 Å². The molecule has 2 aliphatic rings. The van der Waals surface area contributed by atoms with Crippen LogP contribution in [0.2, 0.25) is 0 Å². The lowest BCUT2D eigenvalue weighted by molar-refractivity contribution is -0.129. The van der Waals surface area contributed by atoms with Gasteiger partial charge in [-0.3, -0.25) is 9.59 Å². The average Bonchev–Trinajstić information content (AvgIpc) is 2.81. The van der Waals surface area contributed by atoms with Gasteiger partial charge in [0, 0.05) is 5.69 Å². The molecule has 0 aromatic heterocycles. The lowest BCUT2D eigenvalue weighted by Crippen LogP contribution is -2.36. The van der Waals surface area contributed by atoms with Gasteiger partial charge in [-0.25, -0.2) is 0 Å². The number of rotatable bonds is 10. The normalized spacial score (nSPS) is 19.0. The van der Waals surface area contributed by atoms with Gasteiger partial charge in [-0.15, -0.1) is 0 Å². The molecule has 2 saturated carbocycles. The minimum Gasteiger partial charge on any atom is -0.368 e. The summed E-state index contributed by atoms with van der Waals surface area (Å²) in [4.78, 5) is 25.2. The van der Waals surface area contributed by atoms with E-state index < -0.39 is 0 Å². The maximum atomic E-state index is 12.6. The van der Waals surface area contributed by atoms with Crippen molar-refractivity contribution in [3.63, 3.8) is 0 Å². The molecule has 6 heteroatoms. The number of carbonyl (C=O) groups excluding carboxylic acids is 2. The number of para-hydroxylation sites is 1. The van der Waals surface area contributed by atoms with Crippen LogP contribution in [0.25, 0.3) is 0 Å². The molecular weight excluding hydrogens is 404 g/mol. The number of ether oxygens (including phenoxy) is 2. The standard InChI is InChI=1S/C26H40N2O4/c1-19(2)26(28-25(30)18-32-21-13-7-4-8-14-21)22-15-9-10-16-23(22)27-24(29)17-31-20-11-5-3-6-12-20/h9-10,15-16,19-21,26H,3-8,11-14,17-18H2,1-2H3,(H,27,29)(H,28,30). The molecule has 0 radical (unpaired) electrons. The Morgan fingerprint density at radius 2 is 1.38 bits per heavy atom. The summed E-state index contributed by atoms with van der Waals surface area (Å²) >= 11 is 0. The Kier molecular flexibility index (Phi) is 10.0. The number of nitrogens with one attached hydrogen (secondary N) is 2. The lowest BCUT2D eigenvalue weighted by atomic mass is 9.94. The predicted molar refractivity (Wildman–Crippen MR) is 126 cm³/mol. The molecule has 1 aromatic rings. The highest BCUT2D eigenvalue weighted by Gasteiger charge is 2.23. The van der Waals surface area contributed by atoms with E-state index in [1.165, 1.54) is 38.5 Å². The quantitative estimate of drug-likeness (QED) is 0.524. The molecule has 2 aliphatic carbocycles. The molecule has 0 heterocycles. The van der Waals surface area contributed by atoms with Crippen molar-refractivity contribution >= 4 is 17.5 Å². The van der Waals surface area contributed by atoms with Gasteiger partial charge in [-0.1, -0.05) is 70.6 Å². The monoisotopic (exact) mass is 444 g/mol. The summed E-state index contributed by atoms with van der Waals surface area (Å²) in [5, 5.41) is 6.12. The summed E-state index contributed by atoms with van der Waals surface area (Å²) in [7, 11) is 0. The first-order valence-corrected chi connectivity index (χ1v) is 12.4. The fourth-order valence-electron chi connectivity index (χ4n) is 4.74. The van der Waals surface area contributed by atoms with Crippen LogP contribution in [0.4, 0.5) is 5.69 Å². The molecule has 1 aromatic carbocycles. The molecule has 178 valence electrons. The van der Waals surface area contributed by atoms with E-state index in [1.807, 2.05) is 24.3 Å². The minimum absolute atomic E-state index is 0.0624. The first kappa shape index (κ1) is 24.7. The van der Waals surface area contributed by atoms with Crippen LogP contribution in [0.15, 0.2) is 24.3 Å². The van der Waals surface area contributed by atoms with Crippen molar-refractivity contribution in [2.45, 2.75) is 96.3 Å². The van der Waals surface area contributed by atoms with Crippen molar-refractivity contribution in [1.29, 1.82) is 0 Å². The zero-order chi connectivity index (χ0) is 22.8. The second-order valence-corrected chi connectivity index (χ2v) is 9.57. The highest BCUT2D eigenvalue weighted by molar-refractivity contribution is 5.92. The van der Waals surface area contributed by atoms with Gasteiger partial charge in [-0.2, -0.15) is 0 Å². The van der Waals surface area contributed by atoms with Crippen molar-refractivity contribution in [1.82, 2.24) is 5.32 Å². The largest absolute Gasteiger partial charge is 0.368 e. The lowest BCUT2D eigenvalue weighted by Gasteiger charge is -2.27. The van der Waals surface area contributed by atoms with Gasteiger partial charge in [0.25, 0.3) is 0 Å². The van der Waals surface area contributed by atoms with Gasteiger partial charge in [0.15, 0.2) is 0 Å². The molecular formula is C26H40N2O4. The number of amides is 2. The first-order valence-electron chi connectivity index (χ1n) is 12.4. The van der Waals surface area contributed by atoms with Crippen molar-refractivity contribution in [3.8, 4) is 0 Å². The molecule has 0 bridgehead atoms. The van der Waals surface area contributed by atoms with Crippen molar-refractivity contribution < 1.29 is 19.1 Å². The number of benzene rings is 1. The van der Waals surface area contributed by atoms with E-state index in [-0.39, 0.29) is 49.2 Å². The summed E-state index contributed by atoms with van der Waals surface area (Å²) in [6.07, 6.45) is 11.8. The zero-order valence-corrected chi connectivity index (χ0v) is 19.7. The fourth-order valence-corrected chi connectivity index (χ4v) is 4.74. The Morgan fingerprint density at radius 1 is 0.844 bits per heavy atom. The van der Waals surface area contributed by atoms with Crippen LogP contribution in [0.1, 0.15) is 89.7 Å². The summed E-state index contributed by atoms with van der Waals surface area (Å²) in [5.41, 5.74) is 1.62. The molecule has 1 unspecified atom stereocenters. The highest BCUT2D eigenvalue weighted by atomic mass is 16.5. The third kappa shape index (κ3) is 7.89. The van der Waals surface area contributed by atoms with Gasteiger partial charge in [0.2, 0.25) is 11.8 Å². The van der Waals surface area contributed by atoms with Crippen LogP contribution in [0.3, 0.4) is 0 Å². The number of hydrogen-bond acceptors (Lipinski definition) is 4. The molecule has 6 nitrogen and oxygen atoms in total. The second kappa shape index (κ2) is 12.9.